The van der Waals surface area contributed by atoms with Crippen molar-refractivity contribution < 1.29 is 38.1 Å². The third kappa shape index (κ3) is 7.41. The van der Waals surface area contributed by atoms with E-state index < -0.39 is 36.1 Å². The van der Waals surface area contributed by atoms with Crippen molar-refractivity contribution in [1.29, 1.82) is 0 Å². The highest BCUT2D eigenvalue weighted by atomic mass is 16.6. The summed E-state index contributed by atoms with van der Waals surface area (Å²) < 4.78 is 19.6. The molecular formula is C18H28O8. The topological polar surface area (TPSA) is 105 Å². The van der Waals surface area contributed by atoms with Crippen LogP contribution < -0.4 is 0 Å². The Kier molecular flexibility index (Phi) is 9.09. The molecule has 0 aliphatic carbocycles. The molecule has 148 valence electrons. The average Bonchev–Trinajstić information content (AvgIpc) is 2.58. The molecule has 8 heteroatoms. The molecule has 4 atom stereocenters. The smallest absolute Gasteiger partial charge is 0.347 e. The van der Waals surface area contributed by atoms with E-state index in [9.17, 15) is 19.2 Å². The van der Waals surface area contributed by atoms with Crippen molar-refractivity contribution in [1.82, 2.24) is 0 Å². The van der Waals surface area contributed by atoms with Crippen LogP contribution in [0.15, 0.2) is 0 Å². The number of carbonyl (C=O) groups excluding carboxylic acids is 4. The van der Waals surface area contributed by atoms with Gasteiger partial charge in [0, 0.05) is 13.8 Å². The molecule has 2 aliphatic heterocycles. The molecular weight excluding hydrogens is 344 g/mol. The number of rotatable bonds is 4. The van der Waals surface area contributed by atoms with E-state index in [1.54, 1.807) is 0 Å². The van der Waals surface area contributed by atoms with Gasteiger partial charge >= 0.3 is 23.9 Å². The van der Waals surface area contributed by atoms with Crippen molar-refractivity contribution in [3.8, 4) is 0 Å². The van der Waals surface area contributed by atoms with Gasteiger partial charge in [0.15, 0.2) is 12.2 Å². The second-order valence-electron chi connectivity index (χ2n) is 6.29. The molecule has 0 unspecified atom stereocenters. The van der Waals surface area contributed by atoms with Crippen LogP contribution in [-0.4, -0.2) is 48.3 Å². The third-order valence-corrected chi connectivity index (χ3v) is 4.12. The average molecular weight is 372 g/mol. The first-order chi connectivity index (χ1) is 12.3. The molecule has 0 aromatic heterocycles. The van der Waals surface area contributed by atoms with Crippen LogP contribution in [0.2, 0.25) is 0 Å². The molecule has 0 spiro atoms. The Bertz CT molecular complexity index is 469. The summed E-state index contributed by atoms with van der Waals surface area (Å²) in [5.74, 6) is -1.68. The van der Waals surface area contributed by atoms with Gasteiger partial charge in [0.25, 0.3) is 0 Å². The lowest BCUT2D eigenvalue weighted by atomic mass is 10.0. The molecule has 2 fully saturated rings. The molecule has 2 rings (SSSR count). The highest BCUT2D eigenvalue weighted by Gasteiger charge is 2.32. The molecule has 0 amide bonds. The maximum Gasteiger partial charge on any atom is 0.347 e. The van der Waals surface area contributed by atoms with Gasteiger partial charge in [0.1, 0.15) is 12.2 Å². The summed E-state index contributed by atoms with van der Waals surface area (Å²) in [5, 5.41) is 0. The number of carbonyl (C=O) groups is 4. The van der Waals surface area contributed by atoms with Crippen molar-refractivity contribution in [3.63, 3.8) is 0 Å². The molecule has 0 bridgehead atoms. The Morgan fingerprint density at radius 2 is 1.15 bits per heavy atom. The zero-order valence-electron chi connectivity index (χ0n) is 15.8. The van der Waals surface area contributed by atoms with Crippen LogP contribution in [-0.2, 0) is 38.1 Å². The van der Waals surface area contributed by atoms with Crippen molar-refractivity contribution >= 4 is 23.9 Å². The Labute approximate surface area is 153 Å². The summed E-state index contributed by atoms with van der Waals surface area (Å²) in [6, 6.07) is 0. The zero-order valence-corrected chi connectivity index (χ0v) is 15.8. The van der Waals surface area contributed by atoms with Crippen LogP contribution in [0.1, 0.15) is 66.2 Å². The molecule has 2 aliphatic rings. The fourth-order valence-electron chi connectivity index (χ4n) is 2.70. The van der Waals surface area contributed by atoms with Gasteiger partial charge in [-0.25, -0.2) is 9.59 Å². The monoisotopic (exact) mass is 372 g/mol. The molecule has 8 nitrogen and oxygen atoms in total. The summed E-state index contributed by atoms with van der Waals surface area (Å²) >= 11 is 0. The van der Waals surface area contributed by atoms with Gasteiger partial charge in [-0.2, -0.15) is 0 Å². The summed E-state index contributed by atoms with van der Waals surface area (Å²) in [4.78, 5) is 43.6. The second-order valence-corrected chi connectivity index (χ2v) is 6.29. The number of ether oxygens (including phenoxy) is 4. The maximum absolute atomic E-state index is 11.2. The SMILES string of the molecule is CC[C@@H]1CC[C@H](OC(C)=O)C(=O)O1.CC[C@H]1CC[C@@H](OC(C)=O)C(=O)O1. The Hall–Kier alpha value is -2.12. The second kappa shape index (κ2) is 10.8. The molecule has 0 aromatic rings. The predicted molar refractivity (Wildman–Crippen MR) is 89.9 cm³/mol. The van der Waals surface area contributed by atoms with E-state index in [2.05, 4.69) is 0 Å². The molecule has 2 heterocycles. The van der Waals surface area contributed by atoms with E-state index in [1.165, 1.54) is 13.8 Å². The van der Waals surface area contributed by atoms with E-state index in [-0.39, 0.29) is 12.2 Å². The molecule has 2 saturated heterocycles. The lowest BCUT2D eigenvalue weighted by Crippen LogP contribution is -2.37. The van der Waals surface area contributed by atoms with Crippen molar-refractivity contribution in [2.75, 3.05) is 0 Å². The lowest BCUT2D eigenvalue weighted by molar-refractivity contribution is -0.177. The minimum atomic E-state index is -0.680. The van der Waals surface area contributed by atoms with E-state index >= 15 is 0 Å². The van der Waals surface area contributed by atoms with E-state index in [1.807, 2.05) is 13.8 Å². The fraction of sp³-hybridized carbons (Fsp3) is 0.778. The van der Waals surface area contributed by atoms with Gasteiger partial charge in [0.05, 0.1) is 0 Å². The van der Waals surface area contributed by atoms with Crippen LogP contribution in [0.25, 0.3) is 0 Å². The number of esters is 4. The maximum atomic E-state index is 11.2. The van der Waals surface area contributed by atoms with Crippen molar-refractivity contribution in [2.45, 2.75) is 90.6 Å². The summed E-state index contributed by atoms with van der Waals surface area (Å²) in [6.45, 7) is 6.51. The first-order valence-electron chi connectivity index (χ1n) is 9.02. The molecule has 0 N–H and O–H groups in total. The standard InChI is InChI=1S/2C9H14O4/c2*1-3-7-4-5-8(9(11)13-7)12-6(2)10/h2*7-8H,3-5H2,1-2H3/t2*7-,8+/m10/s1. The molecule has 0 aromatic carbocycles. The summed E-state index contributed by atoms with van der Waals surface area (Å²) in [6.07, 6.45) is 2.99. The Morgan fingerprint density at radius 3 is 1.38 bits per heavy atom. The highest BCUT2D eigenvalue weighted by Crippen LogP contribution is 2.20. The Morgan fingerprint density at radius 1 is 0.808 bits per heavy atom. The predicted octanol–water partition coefficient (Wildman–Crippen LogP) is 2.07. The normalized spacial score (nSPS) is 28.0. The molecule has 0 radical (unpaired) electrons. The van der Waals surface area contributed by atoms with E-state index in [0.717, 1.165) is 25.7 Å². The summed E-state index contributed by atoms with van der Waals surface area (Å²) in [7, 11) is 0. The van der Waals surface area contributed by atoms with Crippen LogP contribution in [0.3, 0.4) is 0 Å². The number of hydrogen-bond acceptors (Lipinski definition) is 8. The number of hydrogen-bond donors (Lipinski definition) is 0. The third-order valence-electron chi connectivity index (χ3n) is 4.12. The van der Waals surface area contributed by atoms with Crippen LogP contribution in [0.5, 0.6) is 0 Å². The first-order valence-corrected chi connectivity index (χ1v) is 9.02. The molecule has 0 saturated carbocycles. The van der Waals surface area contributed by atoms with Crippen LogP contribution >= 0.6 is 0 Å². The van der Waals surface area contributed by atoms with E-state index in [4.69, 9.17) is 18.9 Å². The minimum absolute atomic E-state index is 0.000641. The highest BCUT2D eigenvalue weighted by molar-refractivity contribution is 5.79. The van der Waals surface area contributed by atoms with Crippen LogP contribution in [0.4, 0.5) is 0 Å². The van der Waals surface area contributed by atoms with Gasteiger partial charge < -0.3 is 18.9 Å². The lowest BCUT2D eigenvalue weighted by Gasteiger charge is -2.26. The first kappa shape index (κ1) is 21.9. The number of cyclic esters (lactones) is 2. The van der Waals surface area contributed by atoms with Gasteiger partial charge in [-0.05, 0) is 38.5 Å². The van der Waals surface area contributed by atoms with Crippen LogP contribution in [0, 0.1) is 0 Å². The quantitative estimate of drug-likeness (QED) is 0.545. The van der Waals surface area contributed by atoms with Gasteiger partial charge in [-0.15, -0.1) is 0 Å². The largest absolute Gasteiger partial charge is 0.460 e. The molecule has 26 heavy (non-hydrogen) atoms. The zero-order chi connectivity index (χ0) is 19.7. The van der Waals surface area contributed by atoms with Crippen molar-refractivity contribution in [2.24, 2.45) is 0 Å². The van der Waals surface area contributed by atoms with Crippen molar-refractivity contribution in [3.05, 3.63) is 0 Å². The summed E-state index contributed by atoms with van der Waals surface area (Å²) in [5.41, 5.74) is 0. The van der Waals surface area contributed by atoms with Gasteiger partial charge in [0.2, 0.25) is 0 Å². The van der Waals surface area contributed by atoms with E-state index in [0.29, 0.717) is 12.8 Å². The Balaban J connectivity index is 0.000000260. The minimum Gasteiger partial charge on any atom is -0.460 e. The van der Waals surface area contributed by atoms with Gasteiger partial charge in [-0.3, -0.25) is 9.59 Å². The fourth-order valence-corrected chi connectivity index (χ4v) is 2.70. The van der Waals surface area contributed by atoms with Gasteiger partial charge in [-0.1, -0.05) is 13.8 Å².